The van der Waals surface area contributed by atoms with Gasteiger partial charge in [0.1, 0.15) is 18.7 Å². The van der Waals surface area contributed by atoms with Crippen LogP contribution in [0.1, 0.15) is 15.9 Å². The maximum atomic E-state index is 12.4. The predicted molar refractivity (Wildman–Crippen MR) is 88.2 cm³/mol. The minimum absolute atomic E-state index is 0.200. The first-order valence-corrected chi connectivity index (χ1v) is 7.55. The molecule has 0 spiro atoms. The molecule has 0 radical (unpaired) electrons. The Bertz CT molecular complexity index is 817. The molecule has 0 saturated carbocycles. The topological polar surface area (TPSA) is 81.9 Å². The van der Waals surface area contributed by atoms with Gasteiger partial charge in [0.2, 0.25) is 0 Å². The van der Waals surface area contributed by atoms with Gasteiger partial charge < -0.3 is 10.1 Å². The lowest BCUT2D eigenvalue weighted by Gasteiger charge is -2.11. The van der Waals surface area contributed by atoms with Gasteiger partial charge in [0, 0.05) is 0 Å². The lowest BCUT2D eigenvalue weighted by atomic mass is 10.1. The summed E-state index contributed by atoms with van der Waals surface area (Å²) < 4.78 is 7.13. The Morgan fingerprint density at radius 3 is 2.75 bits per heavy atom. The summed E-state index contributed by atoms with van der Waals surface area (Å²) in [4.78, 5) is 12.4. The average Bonchev–Trinajstić information content (AvgIpc) is 3.14. The second kappa shape index (κ2) is 7.36. The summed E-state index contributed by atoms with van der Waals surface area (Å²) in [5, 5.41) is 13.9. The summed E-state index contributed by atoms with van der Waals surface area (Å²) in [7, 11) is 0. The van der Waals surface area contributed by atoms with Crippen LogP contribution in [0.4, 0.5) is 0 Å². The van der Waals surface area contributed by atoms with E-state index in [1.165, 1.54) is 11.0 Å². The Hall–Kier alpha value is -3.22. The van der Waals surface area contributed by atoms with Crippen molar-refractivity contribution >= 4 is 5.91 Å². The predicted octanol–water partition coefficient (Wildman–Crippen LogP) is 1.78. The fourth-order valence-corrected chi connectivity index (χ4v) is 2.28. The van der Waals surface area contributed by atoms with E-state index < -0.39 is 0 Å². The number of amides is 1. The number of aryl methyl sites for hydroxylation is 1. The third-order valence-electron chi connectivity index (χ3n) is 3.48. The normalized spacial score (nSPS) is 10.4. The minimum atomic E-state index is -0.200. The molecule has 122 valence electrons. The molecule has 0 fully saturated rings. The molecule has 0 saturated heterocycles. The van der Waals surface area contributed by atoms with E-state index in [0.29, 0.717) is 24.4 Å². The molecule has 1 amide bonds. The van der Waals surface area contributed by atoms with Crippen molar-refractivity contribution in [2.24, 2.45) is 0 Å². The number of para-hydroxylation sites is 2. The number of hydrogen-bond donors (Lipinski definition) is 1. The first-order valence-electron chi connectivity index (χ1n) is 7.55. The largest absolute Gasteiger partial charge is 0.491 e. The first kappa shape index (κ1) is 15.7. The van der Waals surface area contributed by atoms with Crippen molar-refractivity contribution in [1.29, 1.82) is 0 Å². The van der Waals surface area contributed by atoms with E-state index in [0.717, 1.165) is 11.3 Å². The van der Waals surface area contributed by atoms with Crippen LogP contribution in [-0.4, -0.2) is 39.3 Å². The van der Waals surface area contributed by atoms with Crippen LogP contribution >= 0.6 is 0 Å². The van der Waals surface area contributed by atoms with Gasteiger partial charge in [-0.2, -0.15) is 4.68 Å². The van der Waals surface area contributed by atoms with Crippen LogP contribution < -0.4 is 10.1 Å². The van der Waals surface area contributed by atoms with E-state index in [1.807, 2.05) is 37.3 Å². The van der Waals surface area contributed by atoms with Crippen LogP contribution in [0.5, 0.6) is 5.75 Å². The Kier molecular flexibility index (Phi) is 4.81. The van der Waals surface area contributed by atoms with Gasteiger partial charge in [-0.05, 0) is 41.1 Å². The highest BCUT2D eigenvalue weighted by Crippen LogP contribution is 2.16. The third kappa shape index (κ3) is 3.57. The molecular weight excluding hydrogens is 306 g/mol. The molecule has 7 nitrogen and oxygen atoms in total. The molecule has 0 aliphatic heterocycles. The summed E-state index contributed by atoms with van der Waals surface area (Å²) >= 11 is 0. The zero-order valence-electron chi connectivity index (χ0n) is 13.2. The number of nitrogens with zero attached hydrogens (tertiary/aromatic N) is 4. The number of ether oxygens (including phenoxy) is 1. The Balaban J connectivity index is 1.59. The van der Waals surface area contributed by atoms with Gasteiger partial charge in [-0.25, -0.2) is 0 Å². The van der Waals surface area contributed by atoms with Crippen molar-refractivity contribution < 1.29 is 9.53 Å². The molecule has 3 aromatic rings. The van der Waals surface area contributed by atoms with E-state index in [4.69, 9.17) is 4.74 Å². The van der Waals surface area contributed by atoms with Crippen LogP contribution in [-0.2, 0) is 0 Å². The quantitative estimate of drug-likeness (QED) is 0.699. The Morgan fingerprint density at radius 2 is 1.96 bits per heavy atom. The van der Waals surface area contributed by atoms with Gasteiger partial charge in [0.25, 0.3) is 5.91 Å². The van der Waals surface area contributed by atoms with Crippen LogP contribution in [0.2, 0.25) is 0 Å². The van der Waals surface area contributed by atoms with E-state index in [9.17, 15) is 4.79 Å². The molecule has 1 heterocycles. The molecule has 0 aliphatic carbocycles. The van der Waals surface area contributed by atoms with Crippen LogP contribution in [0.25, 0.3) is 5.69 Å². The van der Waals surface area contributed by atoms with Crippen LogP contribution in [0.15, 0.2) is 54.9 Å². The van der Waals surface area contributed by atoms with Crippen molar-refractivity contribution in [2.45, 2.75) is 6.92 Å². The Morgan fingerprint density at radius 1 is 1.17 bits per heavy atom. The summed E-state index contributed by atoms with van der Waals surface area (Å²) in [6.07, 6.45) is 1.45. The fourth-order valence-electron chi connectivity index (χ4n) is 2.28. The smallest absolute Gasteiger partial charge is 0.253 e. The SMILES string of the molecule is Cc1ccccc1OCCNC(=O)c1ccccc1-n1cnnn1. The van der Waals surface area contributed by atoms with Gasteiger partial charge >= 0.3 is 0 Å². The number of carbonyl (C=O) groups is 1. The van der Waals surface area contributed by atoms with E-state index in [2.05, 4.69) is 20.8 Å². The standard InChI is InChI=1S/C17H17N5O2/c1-13-6-2-5-9-16(13)24-11-10-18-17(23)14-7-3-4-8-15(14)22-12-19-20-21-22/h2-9,12H,10-11H2,1H3,(H,18,23). The average molecular weight is 323 g/mol. The van der Waals surface area contributed by atoms with E-state index in [1.54, 1.807) is 18.2 Å². The molecule has 1 aromatic heterocycles. The van der Waals surface area contributed by atoms with E-state index >= 15 is 0 Å². The van der Waals surface area contributed by atoms with Crippen molar-refractivity contribution in [1.82, 2.24) is 25.5 Å². The highest BCUT2D eigenvalue weighted by Gasteiger charge is 2.12. The lowest BCUT2D eigenvalue weighted by molar-refractivity contribution is 0.0947. The maximum Gasteiger partial charge on any atom is 0.253 e. The molecule has 2 aromatic carbocycles. The van der Waals surface area contributed by atoms with Gasteiger partial charge in [0.05, 0.1) is 17.8 Å². The molecule has 0 unspecified atom stereocenters. The molecule has 0 bridgehead atoms. The van der Waals surface area contributed by atoms with Crippen molar-refractivity contribution in [3.05, 3.63) is 66.0 Å². The maximum absolute atomic E-state index is 12.4. The fraction of sp³-hybridized carbons (Fsp3) is 0.176. The summed E-state index contributed by atoms with van der Waals surface area (Å²) in [6, 6.07) is 14.9. The highest BCUT2D eigenvalue weighted by atomic mass is 16.5. The number of carbonyl (C=O) groups excluding carboxylic acids is 1. The second-order valence-electron chi connectivity index (χ2n) is 5.14. The molecule has 1 N–H and O–H groups in total. The minimum Gasteiger partial charge on any atom is -0.491 e. The van der Waals surface area contributed by atoms with Gasteiger partial charge in [-0.1, -0.05) is 30.3 Å². The first-order chi connectivity index (χ1) is 11.8. The number of rotatable bonds is 6. The van der Waals surface area contributed by atoms with Crippen molar-refractivity contribution in [3.8, 4) is 11.4 Å². The van der Waals surface area contributed by atoms with Gasteiger partial charge in [-0.15, -0.1) is 5.10 Å². The van der Waals surface area contributed by atoms with Crippen LogP contribution in [0, 0.1) is 6.92 Å². The number of benzene rings is 2. The molecule has 0 atom stereocenters. The highest BCUT2D eigenvalue weighted by molar-refractivity contribution is 5.97. The monoisotopic (exact) mass is 323 g/mol. The number of aromatic nitrogens is 4. The van der Waals surface area contributed by atoms with Gasteiger partial charge in [0.15, 0.2) is 0 Å². The lowest BCUT2D eigenvalue weighted by Crippen LogP contribution is -2.29. The second-order valence-corrected chi connectivity index (χ2v) is 5.14. The molecule has 7 heteroatoms. The number of tetrazole rings is 1. The molecule has 0 aliphatic rings. The number of hydrogen-bond acceptors (Lipinski definition) is 5. The Labute approximate surface area is 139 Å². The number of nitrogens with one attached hydrogen (secondary N) is 1. The summed E-state index contributed by atoms with van der Waals surface area (Å²) in [6.45, 7) is 2.77. The zero-order valence-corrected chi connectivity index (χ0v) is 13.2. The zero-order chi connectivity index (χ0) is 16.8. The van der Waals surface area contributed by atoms with E-state index in [-0.39, 0.29) is 5.91 Å². The van der Waals surface area contributed by atoms with Crippen molar-refractivity contribution in [3.63, 3.8) is 0 Å². The summed E-state index contributed by atoms with van der Waals surface area (Å²) in [5.74, 6) is 0.621. The van der Waals surface area contributed by atoms with Crippen LogP contribution in [0.3, 0.4) is 0 Å². The summed E-state index contributed by atoms with van der Waals surface area (Å²) in [5.41, 5.74) is 2.19. The molecular formula is C17H17N5O2. The molecule has 24 heavy (non-hydrogen) atoms. The van der Waals surface area contributed by atoms with Gasteiger partial charge in [-0.3, -0.25) is 4.79 Å². The third-order valence-corrected chi connectivity index (χ3v) is 3.48. The van der Waals surface area contributed by atoms with Crippen molar-refractivity contribution in [2.75, 3.05) is 13.2 Å². The molecule has 3 rings (SSSR count).